The normalized spacial score (nSPS) is 26.2. The molecule has 1 atom stereocenters. The Morgan fingerprint density at radius 2 is 1.94 bits per heavy atom. The summed E-state index contributed by atoms with van der Waals surface area (Å²) >= 11 is 0. The smallest absolute Gasteiger partial charge is 0.230 e. The number of rotatable bonds is 2. The van der Waals surface area contributed by atoms with Gasteiger partial charge in [-0.2, -0.15) is 0 Å². The summed E-state index contributed by atoms with van der Waals surface area (Å²) in [4.78, 5) is 38.2. The van der Waals surface area contributed by atoms with Crippen LogP contribution in [-0.4, -0.2) is 60.7 Å². The molecule has 2 fully saturated rings. The Morgan fingerprint density at radius 3 is 2.47 bits per heavy atom. The average Bonchev–Trinajstić information content (AvgIpc) is 2.58. The minimum absolute atomic E-state index is 0.0204. The highest BCUT2D eigenvalue weighted by Gasteiger charge is 2.33. The van der Waals surface area contributed by atoms with E-state index in [4.69, 9.17) is 0 Å². The topological polar surface area (TPSA) is 69.7 Å². The lowest BCUT2D eigenvalue weighted by molar-refractivity contribution is -0.136. The zero-order valence-electron chi connectivity index (χ0n) is 9.94. The Hall–Kier alpha value is -1.43. The minimum atomic E-state index is -0.463. The summed E-state index contributed by atoms with van der Waals surface area (Å²) in [7, 11) is 2.02. The Balaban J connectivity index is 1.85. The molecule has 94 valence electrons. The highest BCUT2D eigenvalue weighted by atomic mass is 16.2. The molecule has 1 unspecified atom stereocenters. The predicted octanol–water partition coefficient (Wildman–Crippen LogP) is -1.19. The van der Waals surface area contributed by atoms with E-state index in [1.807, 2.05) is 7.05 Å². The molecule has 17 heavy (non-hydrogen) atoms. The molecule has 3 amide bonds. The van der Waals surface area contributed by atoms with Crippen molar-refractivity contribution in [2.75, 3.05) is 33.2 Å². The SMILES string of the molecule is CN1CCN(C(=O)CC2CC(=O)NC2=O)CC1. The number of carbonyl (C=O) groups is 3. The molecule has 0 aromatic rings. The third-order valence-corrected chi connectivity index (χ3v) is 3.34. The van der Waals surface area contributed by atoms with E-state index in [1.54, 1.807) is 4.90 Å². The maximum absolute atomic E-state index is 11.9. The molecule has 1 N–H and O–H groups in total. The molecule has 0 bridgehead atoms. The molecule has 0 radical (unpaired) electrons. The summed E-state index contributed by atoms with van der Waals surface area (Å²) < 4.78 is 0. The van der Waals surface area contributed by atoms with E-state index in [-0.39, 0.29) is 30.6 Å². The van der Waals surface area contributed by atoms with Gasteiger partial charge in [-0.25, -0.2) is 0 Å². The number of nitrogens with one attached hydrogen (secondary N) is 1. The molecule has 0 aliphatic carbocycles. The first-order valence-electron chi connectivity index (χ1n) is 5.86. The van der Waals surface area contributed by atoms with Gasteiger partial charge in [-0.1, -0.05) is 0 Å². The fourth-order valence-corrected chi connectivity index (χ4v) is 2.17. The number of imide groups is 1. The molecule has 0 saturated carbocycles. The fraction of sp³-hybridized carbons (Fsp3) is 0.727. The standard InChI is InChI=1S/C11H17N3O3/c1-13-2-4-14(5-3-13)10(16)7-8-6-9(15)12-11(8)17/h8H,2-7H2,1H3,(H,12,15,17). The Bertz CT molecular complexity index is 348. The van der Waals surface area contributed by atoms with Gasteiger partial charge in [0.15, 0.2) is 0 Å². The van der Waals surface area contributed by atoms with E-state index in [2.05, 4.69) is 10.2 Å². The third-order valence-electron chi connectivity index (χ3n) is 3.34. The van der Waals surface area contributed by atoms with Crippen molar-refractivity contribution in [1.82, 2.24) is 15.1 Å². The van der Waals surface area contributed by atoms with Crippen LogP contribution in [0.25, 0.3) is 0 Å². The molecule has 0 spiro atoms. The summed E-state index contributed by atoms with van der Waals surface area (Å²) in [6.07, 6.45) is 0.305. The maximum atomic E-state index is 11.9. The van der Waals surface area contributed by atoms with Gasteiger partial charge in [0.2, 0.25) is 17.7 Å². The number of amides is 3. The van der Waals surface area contributed by atoms with Crippen LogP contribution in [0.15, 0.2) is 0 Å². The fourth-order valence-electron chi connectivity index (χ4n) is 2.17. The van der Waals surface area contributed by atoms with Gasteiger partial charge >= 0.3 is 0 Å². The van der Waals surface area contributed by atoms with Gasteiger partial charge in [-0.05, 0) is 7.05 Å². The summed E-state index contributed by atoms with van der Waals surface area (Å²) in [5.41, 5.74) is 0. The number of piperazine rings is 1. The van der Waals surface area contributed by atoms with Crippen LogP contribution in [0.4, 0.5) is 0 Å². The number of nitrogens with zero attached hydrogens (tertiary/aromatic N) is 2. The summed E-state index contributed by atoms with van der Waals surface area (Å²) in [5.74, 6) is -1.06. The van der Waals surface area contributed by atoms with E-state index in [1.165, 1.54) is 0 Å². The van der Waals surface area contributed by atoms with Crippen molar-refractivity contribution in [3.8, 4) is 0 Å². The van der Waals surface area contributed by atoms with E-state index in [9.17, 15) is 14.4 Å². The monoisotopic (exact) mass is 239 g/mol. The molecule has 2 aliphatic heterocycles. The molecule has 0 aromatic carbocycles. The van der Waals surface area contributed by atoms with Gasteiger partial charge in [-0.3, -0.25) is 19.7 Å². The summed E-state index contributed by atoms with van der Waals surface area (Å²) in [6.45, 7) is 3.14. The molecule has 2 heterocycles. The number of carbonyl (C=O) groups excluding carboxylic acids is 3. The van der Waals surface area contributed by atoms with Crippen LogP contribution in [0.1, 0.15) is 12.8 Å². The van der Waals surface area contributed by atoms with Crippen LogP contribution >= 0.6 is 0 Å². The largest absolute Gasteiger partial charge is 0.340 e. The first kappa shape index (κ1) is 12.0. The molecule has 2 saturated heterocycles. The molecule has 2 rings (SSSR count). The predicted molar refractivity (Wildman–Crippen MR) is 60.0 cm³/mol. The molecule has 2 aliphatic rings. The zero-order valence-corrected chi connectivity index (χ0v) is 9.94. The number of hydrogen-bond acceptors (Lipinski definition) is 4. The van der Waals surface area contributed by atoms with Crippen molar-refractivity contribution >= 4 is 17.7 Å². The van der Waals surface area contributed by atoms with E-state index < -0.39 is 5.92 Å². The summed E-state index contributed by atoms with van der Waals surface area (Å²) in [6, 6.07) is 0. The quantitative estimate of drug-likeness (QED) is 0.615. The van der Waals surface area contributed by atoms with Crippen molar-refractivity contribution in [1.29, 1.82) is 0 Å². The first-order chi connectivity index (χ1) is 8.06. The second-order valence-electron chi connectivity index (χ2n) is 4.70. The van der Waals surface area contributed by atoms with Crippen LogP contribution in [0, 0.1) is 5.92 Å². The Kier molecular flexibility index (Phi) is 3.42. The number of likely N-dealkylation sites (N-methyl/N-ethyl adjacent to an activating group) is 1. The lowest BCUT2D eigenvalue weighted by Crippen LogP contribution is -2.47. The lowest BCUT2D eigenvalue weighted by atomic mass is 10.0. The van der Waals surface area contributed by atoms with Gasteiger partial charge in [0.05, 0.1) is 5.92 Å². The summed E-state index contributed by atoms with van der Waals surface area (Å²) in [5, 5.41) is 2.23. The van der Waals surface area contributed by atoms with Crippen molar-refractivity contribution in [2.45, 2.75) is 12.8 Å². The molecular weight excluding hydrogens is 222 g/mol. The van der Waals surface area contributed by atoms with Gasteiger partial charge in [-0.15, -0.1) is 0 Å². The van der Waals surface area contributed by atoms with Crippen molar-refractivity contribution < 1.29 is 14.4 Å². The zero-order chi connectivity index (χ0) is 12.4. The van der Waals surface area contributed by atoms with Crippen LogP contribution in [0.5, 0.6) is 0 Å². The molecule has 0 aromatic heterocycles. The highest BCUT2D eigenvalue weighted by Crippen LogP contribution is 2.16. The molecular formula is C11H17N3O3. The van der Waals surface area contributed by atoms with E-state index in [0.29, 0.717) is 13.1 Å². The average molecular weight is 239 g/mol. The third kappa shape index (κ3) is 2.82. The second-order valence-corrected chi connectivity index (χ2v) is 4.70. The number of hydrogen-bond donors (Lipinski definition) is 1. The van der Waals surface area contributed by atoms with Gasteiger partial charge in [0, 0.05) is 39.0 Å². The molecule has 6 heteroatoms. The van der Waals surface area contributed by atoms with Crippen molar-refractivity contribution in [3.05, 3.63) is 0 Å². The minimum Gasteiger partial charge on any atom is -0.340 e. The van der Waals surface area contributed by atoms with Crippen molar-refractivity contribution in [3.63, 3.8) is 0 Å². The van der Waals surface area contributed by atoms with Crippen LogP contribution in [0.3, 0.4) is 0 Å². The molecule has 6 nitrogen and oxygen atoms in total. The van der Waals surface area contributed by atoms with E-state index >= 15 is 0 Å². The van der Waals surface area contributed by atoms with Crippen LogP contribution in [0.2, 0.25) is 0 Å². The second kappa shape index (κ2) is 4.83. The van der Waals surface area contributed by atoms with Gasteiger partial charge in [0.25, 0.3) is 0 Å². The van der Waals surface area contributed by atoms with Crippen LogP contribution < -0.4 is 5.32 Å². The van der Waals surface area contributed by atoms with Gasteiger partial charge < -0.3 is 9.80 Å². The highest BCUT2D eigenvalue weighted by molar-refractivity contribution is 6.04. The lowest BCUT2D eigenvalue weighted by Gasteiger charge is -2.32. The van der Waals surface area contributed by atoms with Crippen molar-refractivity contribution in [2.24, 2.45) is 5.92 Å². The Labute approximate surface area is 99.9 Å². The maximum Gasteiger partial charge on any atom is 0.230 e. The van der Waals surface area contributed by atoms with Crippen LogP contribution in [-0.2, 0) is 14.4 Å². The van der Waals surface area contributed by atoms with E-state index in [0.717, 1.165) is 13.1 Å². The Morgan fingerprint density at radius 1 is 1.29 bits per heavy atom. The van der Waals surface area contributed by atoms with Gasteiger partial charge in [0.1, 0.15) is 0 Å². The first-order valence-corrected chi connectivity index (χ1v) is 5.86.